The summed E-state index contributed by atoms with van der Waals surface area (Å²) < 4.78 is 1.92. The van der Waals surface area contributed by atoms with Crippen molar-refractivity contribution < 1.29 is 4.79 Å². The fourth-order valence-corrected chi connectivity index (χ4v) is 4.28. The average Bonchev–Trinajstić information content (AvgIpc) is 3.13. The number of carbonyl (C=O) groups excluding carboxylic acids is 1. The summed E-state index contributed by atoms with van der Waals surface area (Å²) in [6.45, 7) is 5.88. The van der Waals surface area contributed by atoms with Crippen molar-refractivity contribution in [1.82, 2.24) is 20.1 Å². The van der Waals surface area contributed by atoms with Crippen LogP contribution in [0, 0.1) is 13.8 Å². The molecule has 1 aromatic heterocycles. The normalized spacial score (nSPS) is 12.2. The first-order chi connectivity index (χ1) is 14.3. The topological polar surface area (TPSA) is 59.8 Å². The fraction of sp³-hybridized carbons (Fsp3) is 0.286. The van der Waals surface area contributed by atoms with E-state index in [2.05, 4.69) is 34.6 Å². The second kappa shape index (κ2) is 10.1. The molecule has 1 unspecified atom stereocenters. The second-order valence-electron chi connectivity index (χ2n) is 6.85. The molecule has 0 bridgehead atoms. The summed E-state index contributed by atoms with van der Waals surface area (Å²) in [5, 5.41) is 12.8. The van der Waals surface area contributed by atoms with E-state index in [1.807, 2.05) is 48.7 Å². The zero-order chi connectivity index (χ0) is 21.8. The van der Waals surface area contributed by atoms with Gasteiger partial charge < -0.3 is 5.32 Å². The van der Waals surface area contributed by atoms with E-state index in [9.17, 15) is 4.79 Å². The molecule has 1 amide bonds. The molecule has 30 heavy (non-hydrogen) atoms. The second-order valence-corrected chi connectivity index (χ2v) is 9.33. The molecular formula is C21H21Cl3N4OS. The van der Waals surface area contributed by atoms with Crippen molar-refractivity contribution in [2.45, 2.75) is 42.6 Å². The average molecular weight is 484 g/mol. The largest absolute Gasteiger partial charge is 0.344 e. The van der Waals surface area contributed by atoms with Crippen molar-refractivity contribution in [2.24, 2.45) is 0 Å². The van der Waals surface area contributed by atoms with Crippen LogP contribution in [-0.4, -0.2) is 25.5 Å². The van der Waals surface area contributed by atoms with Crippen LogP contribution in [0.3, 0.4) is 0 Å². The highest BCUT2D eigenvalue weighted by atomic mass is 35.5. The Morgan fingerprint density at radius 2 is 1.87 bits per heavy atom. The molecule has 0 spiro atoms. The number of thioether (sulfide) groups is 1. The van der Waals surface area contributed by atoms with E-state index in [-0.39, 0.29) is 0 Å². The van der Waals surface area contributed by atoms with Crippen LogP contribution >= 0.6 is 46.6 Å². The van der Waals surface area contributed by atoms with Crippen LogP contribution in [0.1, 0.15) is 35.5 Å². The van der Waals surface area contributed by atoms with E-state index in [1.165, 1.54) is 11.1 Å². The summed E-state index contributed by atoms with van der Waals surface area (Å²) in [6.07, 6.45) is 0. The lowest BCUT2D eigenvalue weighted by atomic mass is 10.1. The molecule has 0 fully saturated rings. The first-order valence-corrected chi connectivity index (χ1v) is 11.5. The Morgan fingerprint density at radius 3 is 2.57 bits per heavy atom. The van der Waals surface area contributed by atoms with Crippen molar-refractivity contribution in [3.05, 3.63) is 70.0 Å². The van der Waals surface area contributed by atoms with E-state index in [1.54, 1.807) is 11.8 Å². The Kier molecular flexibility index (Phi) is 7.69. The summed E-state index contributed by atoms with van der Waals surface area (Å²) in [5.74, 6) is 0.809. The highest BCUT2D eigenvalue weighted by Crippen LogP contribution is 2.31. The molecule has 9 heteroatoms. The lowest BCUT2D eigenvalue weighted by molar-refractivity contribution is -0.120. The number of halogens is 3. The van der Waals surface area contributed by atoms with E-state index < -0.39 is 16.8 Å². The van der Waals surface area contributed by atoms with Crippen LogP contribution in [0.4, 0.5) is 0 Å². The molecule has 0 saturated carbocycles. The number of benzene rings is 2. The fourth-order valence-electron chi connectivity index (χ4n) is 2.96. The molecule has 158 valence electrons. The molecule has 1 heterocycles. The molecule has 0 radical (unpaired) electrons. The quantitative estimate of drug-likeness (QED) is 0.340. The summed E-state index contributed by atoms with van der Waals surface area (Å²) in [4.78, 5) is 10.8. The zero-order valence-corrected chi connectivity index (χ0v) is 19.8. The first kappa shape index (κ1) is 22.9. The Bertz CT molecular complexity index is 1050. The molecule has 1 N–H and O–H groups in total. The maximum atomic E-state index is 12.0. The molecule has 0 aliphatic rings. The van der Waals surface area contributed by atoms with Gasteiger partial charge in [-0.3, -0.25) is 9.36 Å². The summed E-state index contributed by atoms with van der Waals surface area (Å²) in [6, 6.07) is 13.4. The van der Waals surface area contributed by atoms with Crippen molar-refractivity contribution in [2.75, 3.05) is 0 Å². The highest BCUT2D eigenvalue weighted by molar-refractivity contribution is 7.98. The number of carbonyl (C=O) groups is 1. The molecular weight excluding hydrogens is 463 g/mol. The number of aryl methyl sites for hydroxylation is 2. The van der Waals surface area contributed by atoms with E-state index in [0.29, 0.717) is 16.0 Å². The minimum atomic E-state index is -1.16. The molecule has 0 aliphatic carbocycles. The number of aromatic nitrogens is 3. The third-order valence-electron chi connectivity index (χ3n) is 4.63. The third kappa shape index (κ3) is 5.30. The minimum Gasteiger partial charge on any atom is -0.344 e. The van der Waals surface area contributed by atoms with Gasteiger partial charge >= 0.3 is 0 Å². The van der Waals surface area contributed by atoms with Crippen molar-refractivity contribution >= 4 is 52.5 Å². The van der Waals surface area contributed by atoms with Gasteiger partial charge in [0.25, 0.3) is 5.91 Å². The predicted octanol–water partition coefficient (Wildman–Crippen LogP) is 5.81. The lowest BCUT2D eigenvalue weighted by Gasteiger charge is -2.18. The van der Waals surface area contributed by atoms with Gasteiger partial charge in [0.15, 0.2) is 15.8 Å². The number of rotatable bonds is 7. The molecule has 0 saturated heterocycles. The van der Waals surface area contributed by atoms with Crippen LogP contribution in [0.25, 0.3) is 5.69 Å². The number of hydrogen-bond donors (Lipinski definition) is 1. The smallest absolute Gasteiger partial charge is 0.253 e. The summed E-state index contributed by atoms with van der Waals surface area (Å²) >= 11 is 19.2. The van der Waals surface area contributed by atoms with Crippen molar-refractivity contribution in [3.63, 3.8) is 0 Å². The molecule has 1 atom stereocenters. The van der Waals surface area contributed by atoms with Gasteiger partial charge in [0.05, 0.1) is 11.7 Å². The van der Waals surface area contributed by atoms with Gasteiger partial charge in [-0.1, -0.05) is 76.9 Å². The van der Waals surface area contributed by atoms with E-state index in [4.69, 9.17) is 34.8 Å². The van der Waals surface area contributed by atoms with Gasteiger partial charge in [0, 0.05) is 10.8 Å². The van der Waals surface area contributed by atoms with Crippen LogP contribution in [0.15, 0.2) is 47.6 Å². The van der Waals surface area contributed by atoms with E-state index >= 15 is 0 Å². The highest BCUT2D eigenvalue weighted by Gasteiger charge is 2.24. The molecule has 3 aromatic rings. The Morgan fingerprint density at radius 1 is 1.13 bits per heavy atom. The van der Waals surface area contributed by atoms with Crippen LogP contribution in [0.5, 0.6) is 0 Å². The summed E-state index contributed by atoms with van der Waals surface area (Å²) in [5.41, 5.74) is 4.29. The summed E-state index contributed by atoms with van der Waals surface area (Å²) in [7, 11) is 0. The maximum Gasteiger partial charge on any atom is 0.253 e. The van der Waals surface area contributed by atoms with Gasteiger partial charge in [-0.2, -0.15) is 0 Å². The minimum absolute atomic E-state index is 0.462. The Balaban J connectivity index is 2.00. The molecule has 2 aromatic carbocycles. The van der Waals surface area contributed by atoms with Gasteiger partial charge in [-0.15, -0.1) is 10.2 Å². The molecule has 5 nitrogen and oxygen atoms in total. The van der Waals surface area contributed by atoms with Gasteiger partial charge in [0.2, 0.25) is 0 Å². The van der Waals surface area contributed by atoms with Crippen LogP contribution in [-0.2, 0) is 10.5 Å². The van der Waals surface area contributed by atoms with Crippen molar-refractivity contribution in [1.29, 1.82) is 0 Å². The monoisotopic (exact) mass is 482 g/mol. The molecule has 0 aliphatic heterocycles. The SMILES string of the molecule is Cc1ccccc1CSc1nnc(C(C)NC(=O)C(Cl)Cl)n1-c1cc(Cl)ccc1C. The number of alkyl halides is 2. The van der Waals surface area contributed by atoms with E-state index in [0.717, 1.165) is 17.0 Å². The van der Waals surface area contributed by atoms with Crippen LogP contribution in [0.2, 0.25) is 5.02 Å². The van der Waals surface area contributed by atoms with Crippen LogP contribution < -0.4 is 5.32 Å². The Hall–Kier alpha value is -1.73. The van der Waals surface area contributed by atoms with Gasteiger partial charge in [-0.05, 0) is 49.6 Å². The number of nitrogens with zero attached hydrogens (tertiary/aromatic N) is 3. The van der Waals surface area contributed by atoms with Crippen molar-refractivity contribution in [3.8, 4) is 5.69 Å². The number of nitrogens with one attached hydrogen (secondary N) is 1. The predicted molar refractivity (Wildman–Crippen MR) is 124 cm³/mol. The van der Waals surface area contributed by atoms with Gasteiger partial charge in [0.1, 0.15) is 0 Å². The third-order valence-corrected chi connectivity index (χ3v) is 6.24. The Labute approximate surface area is 195 Å². The maximum absolute atomic E-state index is 12.0. The number of hydrogen-bond acceptors (Lipinski definition) is 4. The standard InChI is InChI=1S/C21H21Cl3N4OS/c1-12-6-4-5-7-15(12)11-30-21-27-26-19(14(3)25-20(29)18(23)24)28(21)17-10-16(22)9-8-13(17)2/h4-10,14,18H,11H2,1-3H3,(H,25,29). The molecule has 3 rings (SSSR count). The lowest BCUT2D eigenvalue weighted by Crippen LogP contribution is -2.32. The zero-order valence-electron chi connectivity index (χ0n) is 16.7. The first-order valence-electron chi connectivity index (χ1n) is 9.25. The van der Waals surface area contributed by atoms with Gasteiger partial charge in [-0.25, -0.2) is 0 Å². The number of amides is 1.